The lowest BCUT2D eigenvalue weighted by atomic mass is 9.82. The Morgan fingerprint density at radius 1 is 1.08 bits per heavy atom. The first-order chi connectivity index (χ1) is 11.8. The second-order valence-corrected chi connectivity index (χ2v) is 8.36. The highest BCUT2D eigenvalue weighted by Crippen LogP contribution is 2.33. The molecule has 0 amide bonds. The van der Waals surface area contributed by atoms with Gasteiger partial charge in [0, 0.05) is 24.9 Å². The average molecular weight is 373 g/mol. The third kappa shape index (κ3) is 10.5. The molecule has 7 heteroatoms. The molecule has 0 bridgehead atoms. The van der Waals surface area contributed by atoms with Gasteiger partial charge in [-0.05, 0) is 50.0 Å². The van der Waals surface area contributed by atoms with E-state index in [1.165, 1.54) is 31.2 Å². The lowest BCUT2D eigenvalue weighted by molar-refractivity contribution is 0.181. The van der Waals surface area contributed by atoms with E-state index >= 15 is 0 Å². The SMILES string of the molecule is CCCCCCc1cnc([C@H]2CC[C@H](CO)CC2)nc1.CS(=O)(=O)O. The summed E-state index contributed by atoms with van der Waals surface area (Å²) in [6, 6.07) is 0. The summed E-state index contributed by atoms with van der Waals surface area (Å²) in [4.78, 5) is 9.16. The third-order valence-electron chi connectivity index (χ3n) is 4.51. The first-order valence-corrected chi connectivity index (χ1v) is 11.0. The predicted molar refractivity (Wildman–Crippen MR) is 99.1 cm³/mol. The predicted octanol–water partition coefficient (Wildman–Crippen LogP) is 3.37. The van der Waals surface area contributed by atoms with Crippen molar-refractivity contribution in [2.45, 2.75) is 70.6 Å². The fraction of sp³-hybridized carbons (Fsp3) is 0.778. The first kappa shape index (κ1) is 22.0. The smallest absolute Gasteiger partial charge is 0.261 e. The van der Waals surface area contributed by atoms with Crippen molar-refractivity contribution in [1.29, 1.82) is 0 Å². The Morgan fingerprint density at radius 2 is 1.64 bits per heavy atom. The molecule has 0 unspecified atom stereocenters. The van der Waals surface area contributed by atoms with Gasteiger partial charge in [0.1, 0.15) is 5.82 Å². The molecule has 25 heavy (non-hydrogen) atoms. The first-order valence-electron chi connectivity index (χ1n) is 9.17. The van der Waals surface area contributed by atoms with Crippen molar-refractivity contribution in [2.75, 3.05) is 12.9 Å². The maximum Gasteiger partial charge on any atom is 0.261 e. The molecule has 1 fully saturated rings. The zero-order chi connectivity index (χ0) is 18.7. The standard InChI is InChI=1S/C17H28N2O.CH4O3S/c1-2-3-4-5-6-15-11-18-17(19-12-15)16-9-7-14(13-20)8-10-16;1-5(2,3)4/h11-12,14,16,20H,2-10,13H2,1H3;1H3,(H,2,3,4)/t14-,16-;. The second kappa shape index (κ2) is 11.5. The number of unbranched alkanes of at least 4 members (excludes halogenated alkanes) is 3. The summed E-state index contributed by atoms with van der Waals surface area (Å²) in [6.45, 7) is 2.58. The Bertz CT molecular complexity index is 559. The molecule has 0 saturated heterocycles. The van der Waals surface area contributed by atoms with Crippen LogP contribution in [0.25, 0.3) is 0 Å². The van der Waals surface area contributed by atoms with Gasteiger partial charge >= 0.3 is 0 Å². The molecule has 0 spiro atoms. The van der Waals surface area contributed by atoms with Gasteiger partial charge in [-0.3, -0.25) is 4.55 Å². The van der Waals surface area contributed by atoms with E-state index in [9.17, 15) is 13.5 Å². The summed E-state index contributed by atoms with van der Waals surface area (Å²) in [5, 5.41) is 9.17. The van der Waals surface area contributed by atoms with Crippen LogP contribution in [0.3, 0.4) is 0 Å². The largest absolute Gasteiger partial charge is 0.396 e. The van der Waals surface area contributed by atoms with Crippen LogP contribution in [0.4, 0.5) is 0 Å². The Hall–Kier alpha value is -1.05. The molecule has 0 aliphatic heterocycles. The molecule has 2 N–H and O–H groups in total. The lowest BCUT2D eigenvalue weighted by Gasteiger charge is -2.26. The van der Waals surface area contributed by atoms with Gasteiger partial charge in [0.15, 0.2) is 0 Å². The van der Waals surface area contributed by atoms with Gasteiger partial charge in [0.05, 0.1) is 6.26 Å². The van der Waals surface area contributed by atoms with Gasteiger partial charge in [-0.1, -0.05) is 26.2 Å². The average Bonchev–Trinajstić information content (AvgIpc) is 2.58. The molecule has 0 aromatic carbocycles. The van der Waals surface area contributed by atoms with Crippen LogP contribution in [0.2, 0.25) is 0 Å². The van der Waals surface area contributed by atoms with Crippen LogP contribution in [0.15, 0.2) is 12.4 Å². The molecule has 6 nitrogen and oxygen atoms in total. The monoisotopic (exact) mass is 372 g/mol. The minimum Gasteiger partial charge on any atom is -0.396 e. The number of hydrogen-bond acceptors (Lipinski definition) is 5. The van der Waals surface area contributed by atoms with Crippen LogP contribution in [0.1, 0.15) is 75.6 Å². The normalized spacial score (nSPS) is 20.6. The molecule has 1 saturated carbocycles. The molecule has 2 rings (SSSR count). The summed E-state index contributed by atoms with van der Waals surface area (Å²) in [5.41, 5.74) is 1.27. The molecule has 1 aromatic heterocycles. The van der Waals surface area contributed by atoms with Gasteiger partial charge in [0.25, 0.3) is 10.1 Å². The van der Waals surface area contributed by atoms with E-state index in [-0.39, 0.29) is 0 Å². The summed E-state index contributed by atoms with van der Waals surface area (Å²) in [7, 11) is -3.67. The zero-order valence-electron chi connectivity index (χ0n) is 15.4. The molecule has 1 aliphatic carbocycles. The molecular formula is C18H32N2O4S. The summed E-state index contributed by atoms with van der Waals surface area (Å²) in [6.07, 6.45) is 15.5. The van der Waals surface area contributed by atoms with Crippen molar-refractivity contribution in [3.8, 4) is 0 Å². The molecule has 1 aliphatic rings. The fourth-order valence-corrected chi connectivity index (χ4v) is 3.06. The van der Waals surface area contributed by atoms with Gasteiger partial charge in [0.2, 0.25) is 0 Å². The van der Waals surface area contributed by atoms with E-state index in [4.69, 9.17) is 4.55 Å². The van der Waals surface area contributed by atoms with Crippen molar-refractivity contribution < 1.29 is 18.1 Å². The summed E-state index contributed by atoms with van der Waals surface area (Å²) >= 11 is 0. The van der Waals surface area contributed by atoms with Crippen LogP contribution in [0, 0.1) is 5.92 Å². The highest BCUT2D eigenvalue weighted by Gasteiger charge is 2.23. The fourth-order valence-electron chi connectivity index (χ4n) is 3.06. The zero-order valence-corrected chi connectivity index (χ0v) is 16.2. The van der Waals surface area contributed by atoms with Gasteiger partial charge < -0.3 is 5.11 Å². The number of nitrogens with zero attached hydrogens (tertiary/aromatic N) is 2. The number of aryl methyl sites for hydroxylation is 1. The highest BCUT2D eigenvalue weighted by atomic mass is 32.2. The van der Waals surface area contributed by atoms with E-state index in [1.54, 1.807) is 0 Å². The summed E-state index contributed by atoms with van der Waals surface area (Å²) < 4.78 is 25.9. The van der Waals surface area contributed by atoms with Gasteiger partial charge in [-0.15, -0.1) is 0 Å². The van der Waals surface area contributed by atoms with Crippen LogP contribution in [-0.2, 0) is 16.5 Å². The molecule has 1 aromatic rings. The van der Waals surface area contributed by atoms with Crippen molar-refractivity contribution in [2.24, 2.45) is 5.92 Å². The van der Waals surface area contributed by atoms with Crippen molar-refractivity contribution in [1.82, 2.24) is 9.97 Å². The molecule has 1 heterocycles. The van der Waals surface area contributed by atoms with Crippen LogP contribution < -0.4 is 0 Å². The van der Waals surface area contributed by atoms with E-state index in [2.05, 4.69) is 16.9 Å². The summed E-state index contributed by atoms with van der Waals surface area (Å²) in [5.74, 6) is 2.02. The third-order valence-corrected chi connectivity index (χ3v) is 4.51. The number of aliphatic hydroxyl groups excluding tert-OH is 1. The maximum atomic E-state index is 9.19. The number of aromatic nitrogens is 2. The number of hydrogen-bond donors (Lipinski definition) is 2. The van der Waals surface area contributed by atoms with Crippen molar-refractivity contribution in [3.63, 3.8) is 0 Å². The Labute approximate surface area is 151 Å². The Kier molecular flexibility index (Phi) is 10.2. The molecular weight excluding hydrogens is 340 g/mol. The van der Waals surface area contributed by atoms with E-state index in [1.807, 2.05) is 12.4 Å². The Morgan fingerprint density at radius 3 is 2.12 bits per heavy atom. The minimum atomic E-state index is -3.67. The Balaban J connectivity index is 0.000000550. The van der Waals surface area contributed by atoms with Gasteiger partial charge in [-0.25, -0.2) is 9.97 Å². The second-order valence-electron chi connectivity index (χ2n) is 6.89. The van der Waals surface area contributed by atoms with E-state index in [0.29, 0.717) is 24.7 Å². The topological polar surface area (TPSA) is 100 Å². The van der Waals surface area contributed by atoms with E-state index < -0.39 is 10.1 Å². The van der Waals surface area contributed by atoms with Crippen LogP contribution in [-0.4, -0.2) is 40.9 Å². The number of aliphatic hydroxyl groups is 1. The van der Waals surface area contributed by atoms with E-state index in [0.717, 1.165) is 37.9 Å². The quantitative estimate of drug-likeness (QED) is 0.562. The van der Waals surface area contributed by atoms with Crippen molar-refractivity contribution in [3.05, 3.63) is 23.8 Å². The van der Waals surface area contributed by atoms with Crippen LogP contribution in [0.5, 0.6) is 0 Å². The molecule has 0 radical (unpaired) electrons. The lowest BCUT2D eigenvalue weighted by Crippen LogP contribution is -2.17. The molecule has 0 atom stereocenters. The maximum absolute atomic E-state index is 9.19. The number of rotatable bonds is 7. The van der Waals surface area contributed by atoms with Crippen molar-refractivity contribution >= 4 is 10.1 Å². The van der Waals surface area contributed by atoms with Gasteiger partial charge in [-0.2, -0.15) is 8.42 Å². The van der Waals surface area contributed by atoms with Crippen LogP contribution >= 0.6 is 0 Å². The molecule has 144 valence electrons. The highest BCUT2D eigenvalue weighted by molar-refractivity contribution is 7.85. The minimum absolute atomic E-state index is 0.338.